The summed E-state index contributed by atoms with van der Waals surface area (Å²) in [6.45, 7) is 3.80. The number of aromatic nitrogens is 2. The van der Waals surface area contributed by atoms with Crippen molar-refractivity contribution in [2.45, 2.75) is 19.9 Å². The van der Waals surface area contributed by atoms with E-state index in [4.69, 9.17) is 4.74 Å². The zero-order valence-corrected chi connectivity index (χ0v) is 14.8. The second-order valence-electron chi connectivity index (χ2n) is 6.11. The van der Waals surface area contributed by atoms with E-state index < -0.39 is 5.82 Å². The number of hydrogen-bond acceptors (Lipinski definition) is 3. The highest BCUT2D eigenvalue weighted by molar-refractivity contribution is 5.95. The van der Waals surface area contributed by atoms with E-state index in [1.54, 1.807) is 24.4 Å². The normalized spacial score (nSPS) is 12.5. The van der Waals surface area contributed by atoms with E-state index in [0.29, 0.717) is 0 Å². The lowest BCUT2D eigenvalue weighted by Crippen LogP contribution is -2.24. The summed E-state index contributed by atoms with van der Waals surface area (Å²) in [5.74, 6) is -0.519. The molecular weight excluding hydrogens is 333 g/mol. The molecule has 2 aromatic heterocycles. The Bertz CT molecular complexity index is 978. The Labute approximate surface area is 150 Å². The molecule has 6 heteroatoms. The van der Waals surface area contributed by atoms with Crippen LogP contribution in [-0.2, 0) is 4.79 Å². The van der Waals surface area contributed by atoms with Crippen LogP contribution in [0.25, 0.3) is 17.1 Å². The van der Waals surface area contributed by atoms with Crippen molar-refractivity contribution in [3.8, 4) is 5.75 Å². The molecule has 0 aliphatic rings. The molecule has 3 rings (SSSR count). The number of aromatic amines is 1. The topological polar surface area (TPSA) is 67.0 Å². The fraction of sp³-hybridized carbons (Fsp3) is 0.200. The number of nitrogens with zero attached hydrogens (tertiary/aromatic N) is 1. The van der Waals surface area contributed by atoms with Crippen molar-refractivity contribution < 1.29 is 13.9 Å². The van der Waals surface area contributed by atoms with E-state index in [-0.39, 0.29) is 17.7 Å². The van der Waals surface area contributed by atoms with Crippen molar-refractivity contribution in [3.63, 3.8) is 0 Å². The van der Waals surface area contributed by atoms with Gasteiger partial charge in [0.05, 0.1) is 13.2 Å². The lowest BCUT2D eigenvalue weighted by molar-refractivity contribution is -0.117. The van der Waals surface area contributed by atoms with Gasteiger partial charge in [-0.3, -0.25) is 4.79 Å². The predicted octanol–water partition coefficient (Wildman–Crippen LogP) is 3.91. The molecule has 1 aromatic carbocycles. The van der Waals surface area contributed by atoms with E-state index in [2.05, 4.69) is 15.3 Å². The average Bonchev–Trinajstić information content (AvgIpc) is 3.02. The molecule has 0 unspecified atom stereocenters. The van der Waals surface area contributed by atoms with Crippen LogP contribution >= 0.6 is 0 Å². The van der Waals surface area contributed by atoms with Gasteiger partial charge in [0.2, 0.25) is 5.91 Å². The van der Waals surface area contributed by atoms with Crippen LogP contribution in [0.3, 0.4) is 0 Å². The summed E-state index contributed by atoms with van der Waals surface area (Å²) in [5, 5.41) is 3.82. The lowest BCUT2D eigenvalue weighted by atomic mass is 10.1. The fourth-order valence-corrected chi connectivity index (χ4v) is 2.72. The summed E-state index contributed by atoms with van der Waals surface area (Å²) in [5.41, 5.74) is 3.48. The molecule has 0 radical (unpaired) electrons. The summed E-state index contributed by atoms with van der Waals surface area (Å²) in [6.07, 6.45) is 6.82. The maximum atomic E-state index is 13.5. The van der Waals surface area contributed by atoms with Crippen molar-refractivity contribution in [2.24, 2.45) is 0 Å². The van der Waals surface area contributed by atoms with Crippen molar-refractivity contribution in [1.29, 1.82) is 0 Å². The van der Waals surface area contributed by atoms with Gasteiger partial charge in [-0.05, 0) is 49.2 Å². The average molecular weight is 353 g/mol. The van der Waals surface area contributed by atoms with Crippen LogP contribution in [-0.4, -0.2) is 23.0 Å². The number of ether oxygens (including phenoxy) is 1. The predicted molar refractivity (Wildman–Crippen MR) is 99.4 cm³/mol. The summed E-state index contributed by atoms with van der Waals surface area (Å²) in [4.78, 5) is 19.6. The van der Waals surface area contributed by atoms with Gasteiger partial charge in [0.15, 0.2) is 11.6 Å². The number of fused-ring (bicyclic) bond motifs is 1. The highest BCUT2D eigenvalue weighted by atomic mass is 19.1. The Balaban J connectivity index is 1.71. The van der Waals surface area contributed by atoms with Crippen molar-refractivity contribution in [2.75, 3.05) is 7.11 Å². The molecule has 0 aliphatic heterocycles. The van der Waals surface area contributed by atoms with Gasteiger partial charge in [-0.1, -0.05) is 6.07 Å². The number of H-pyrrole nitrogens is 1. The van der Waals surface area contributed by atoms with Gasteiger partial charge in [-0.15, -0.1) is 0 Å². The Hall–Kier alpha value is -3.15. The van der Waals surface area contributed by atoms with Crippen LogP contribution < -0.4 is 10.1 Å². The largest absolute Gasteiger partial charge is 0.494 e. The molecule has 0 saturated carbocycles. The highest BCUT2D eigenvalue weighted by Gasteiger charge is 2.11. The molecule has 5 nitrogen and oxygen atoms in total. The molecule has 1 amide bonds. The van der Waals surface area contributed by atoms with Gasteiger partial charge in [-0.2, -0.15) is 0 Å². The number of nitrogens with one attached hydrogen (secondary N) is 2. The molecule has 1 atom stereocenters. The van der Waals surface area contributed by atoms with Gasteiger partial charge in [0, 0.05) is 29.4 Å². The highest BCUT2D eigenvalue weighted by Crippen LogP contribution is 2.23. The molecule has 0 fully saturated rings. The molecule has 0 saturated heterocycles. The Kier molecular flexibility index (Phi) is 5.02. The van der Waals surface area contributed by atoms with Gasteiger partial charge >= 0.3 is 0 Å². The van der Waals surface area contributed by atoms with E-state index in [9.17, 15) is 9.18 Å². The monoisotopic (exact) mass is 353 g/mol. The minimum atomic E-state index is -0.432. The second-order valence-corrected chi connectivity index (χ2v) is 6.11. The smallest absolute Gasteiger partial charge is 0.244 e. The molecule has 3 aromatic rings. The maximum Gasteiger partial charge on any atom is 0.244 e. The number of methoxy groups -OCH3 is 1. The number of benzene rings is 1. The number of hydrogen-bond donors (Lipinski definition) is 2. The number of aryl methyl sites for hydroxylation is 1. The lowest BCUT2D eigenvalue weighted by Gasteiger charge is -2.14. The summed E-state index contributed by atoms with van der Waals surface area (Å²) < 4.78 is 18.5. The van der Waals surface area contributed by atoms with Gasteiger partial charge < -0.3 is 15.0 Å². The summed E-state index contributed by atoms with van der Waals surface area (Å²) in [7, 11) is 1.41. The quantitative estimate of drug-likeness (QED) is 0.684. The van der Waals surface area contributed by atoms with Crippen LogP contribution in [0.15, 0.2) is 42.7 Å². The number of carbonyl (C=O) groups excluding carboxylic acids is 1. The first-order valence-electron chi connectivity index (χ1n) is 8.23. The summed E-state index contributed by atoms with van der Waals surface area (Å²) in [6, 6.07) is 6.27. The van der Waals surface area contributed by atoms with Gasteiger partial charge in [0.1, 0.15) is 5.65 Å². The van der Waals surface area contributed by atoms with Gasteiger partial charge in [-0.25, -0.2) is 9.37 Å². The van der Waals surface area contributed by atoms with Crippen LogP contribution in [0.1, 0.15) is 29.7 Å². The molecule has 26 heavy (non-hydrogen) atoms. The molecule has 0 aliphatic carbocycles. The minimum Gasteiger partial charge on any atom is -0.494 e. The zero-order chi connectivity index (χ0) is 18.7. The standard InChI is InChI=1S/C20H20FN3O2/c1-12-8-16-15(11-23-20(16)22-10-12)5-7-19(25)24-13(2)14-4-6-17(21)18(9-14)26-3/h4-11,13H,1-3H3,(H,22,23)(H,24,25)/b7-5+/t13-/m1/s1. The second kappa shape index (κ2) is 7.39. The van der Waals surface area contributed by atoms with Gasteiger partial charge in [0.25, 0.3) is 0 Å². The fourth-order valence-electron chi connectivity index (χ4n) is 2.72. The van der Waals surface area contributed by atoms with Crippen LogP contribution in [0, 0.1) is 12.7 Å². The molecule has 0 spiro atoms. The number of rotatable bonds is 5. The van der Waals surface area contributed by atoms with Crippen molar-refractivity contribution in [3.05, 3.63) is 65.2 Å². The van der Waals surface area contributed by atoms with Crippen LogP contribution in [0.4, 0.5) is 4.39 Å². The van der Waals surface area contributed by atoms with Crippen LogP contribution in [0.5, 0.6) is 5.75 Å². The maximum absolute atomic E-state index is 13.5. The first-order valence-corrected chi connectivity index (χ1v) is 8.23. The zero-order valence-electron chi connectivity index (χ0n) is 14.8. The van der Waals surface area contributed by atoms with E-state index in [1.807, 2.05) is 26.1 Å². The van der Waals surface area contributed by atoms with Crippen molar-refractivity contribution in [1.82, 2.24) is 15.3 Å². The number of carbonyl (C=O) groups is 1. The third-order valence-electron chi connectivity index (χ3n) is 4.15. The Morgan fingerprint density at radius 3 is 2.96 bits per heavy atom. The first kappa shape index (κ1) is 17.7. The van der Waals surface area contributed by atoms with E-state index >= 15 is 0 Å². The molecule has 0 bridgehead atoms. The number of pyridine rings is 1. The first-order chi connectivity index (χ1) is 12.5. The Morgan fingerprint density at radius 1 is 1.38 bits per heavy atom. The third kappa shape index (κ3) is 3.74. The minimum absolute atomic E-state index is 0.154. The molecule has 2 heterocycles. The number of halogens is 1. The SMILES string of the molecule is COc1cc([C@@H](C)NC(=O)/C=C/c2c[nH]c3ncc(C)cc23)ccc1F. The third-order valence-corrected chi connectivity index (χ3v) is 4.15. The Morgan fingerprint density at radius 2 is 2.19 bits per heavy atom. The summed E-state index contributed by atoms with van der Waals surface area (Å²) >= 11 is 0. The van der Waals surface area contributed by atoms with E-state index in [0.717, 1.165) is 27.7 Å². The van der Waals surface area contributed by atoms with Crippen LogP contribution in [0.2, 0.25) is 0 Å². The molecule has 134 valence electrons. The van der Waals surface area contributed by atoms with Crippen molar-refractivity contribution >= 4 is 23.0 Å². The van der Waals surface area contributed by atoms with E-state index in [1.165, 1.54) is 19.3 Å². The molecular formula is C20H20FN3O2. The number of amides is 1. The molecule has 2 N–H and O–H groups in total.